The molecule has 0 aliphatic rings. The highest BCUT2D eigenvalue weighted by Crippen LogP contribution is 2.27. The van der Waals surface area contributed by atoms with Crippen LogP contribution in [0.1, 0.15) is 50.2 Å². The summed E-state index contributed by atoms with van der Waals surface area (Å²) in [5.74, 6) is 2.26. The first kappa shape index (κ1) is 24.2. The second-order valence-corrected chi connectivity index (χ2v) is 6.28. The third-order valence-corrected chi connectivity index (χ3v) is 3.83. The Morgan fingerprint density at radius 3 is 2.56 bits per heavy atom. The molecule has 0 aliphatic carbocycles. The number of nitrogens with one attached hydrogen (secondary N) is 2. The van der Waals surface area contributed by atoms with E-state index in [4.69, 9.17) is 9.15 Å². The number of methoxy groups -OCH3 is 1. The largest absolute Gasteiger partial charge is 0.466 e. The van der Waals surface area contributed by atoms with Gasteiger partial charge in [0, 0.05) is 32.4 Å². The highest BCUT2D eigenvalue weighted by Gasteiger charge is 2.27. The lowest BCUT2D eigenvalue weighted by Gasteiger charge is -2.21. The average molecular weight is 467 g/mol. The van der Waals surface area contributed by atoms with E-state index in [9.17, 15) is 5.11 Å². The van der Waals surface area contributed by atoms with Crippen molar-refractivity contribution < 1.29 is 14.3 Å². The Morgan fingerprint density at radius 2 is 2.00 bits per heavy atom. The molecule has 0 spiro atoms. The summed E-state index contributed by atoms with van der Waals surface area (Å²) in [6, 6.07) is 1.88. The number of rotatable bonds is 10. The molecule has 3 N–H and O–H groups in total. The van der Waals surface area contributed by atoms with Gasteiger partial charge in [0.05, 0.1) is 6.54 Å². The predicted octanol–water partition coefficient (Wildman–Crippen LogP) is 3.09. The van der Waals surface area contributed by atoms with Crippen LogP contribution in [-0.4, -0.2) is 44.4 Å². The van der Waals surface area contributed by atoms with Gasteiger partial charge in [-0.1, -0.05) is 0 Å². The number of halogens is 1. The predicted molar refractivity (Wildman–Crippen MR) is 113 cm³/mol. The van der Waals surface area contributed by atoms with E-state index in [0.717, 1.165) is 62.0 Å². The third-order valence-electron chi connectivity index (χ3n) is 3.83. The van der Waals surface area contributed by atoms with Crippen LogP contribution < -0.4 is 10.6 Å². The van der Waals surface area contributed by atoms with E-state index in [-0.39, 0.29) is 30.5 Å². The molecule has 0 aliphatic heterocycles. The zero-order valence-electron chi connectivity index (χ0n) is 16.1. The fraction of sp³-hybridized carbons (Fsp3) is 0.722. The van der Waals surface area contributed by atoms with Crippen molar-refractivity contribution in [3.8, 4) is 0 Å². The highest BCUT2D eigenvalue weighted by atomic mass is 127. The molecule has 1 aromatic rings. The molecule has 0 fully saturated rings. The summed E-state index contributed by atoms with van der Waals surface area (Å²) in [6.45, 7) is 10.2. The van der Waals surface area contributed by atoms with Crippen LogP contribution >= 0.6 is 24.0 Å². The van der Waals surface area contributed by atoms with E-state index in [0.29, 0.717) is 0 Å². The van der Waals surface area contributed by atoms with Gasteiger partial charge in [0.1, 0.15) is 17.1 Å². The van der Waals surface area contributed by atoms with Gasteiger partial charge in [-0.2, -0.15) is 0 Å². The minimum Gasteiger partial charge on any atom is -0.466 e. The lowest BCUT2D eigenvalue weighted by Crippen LogP contribution is -2.39. The van der Waals surface area contributed by atoms with Crippen molar-refractivity contribution in [1.82, 2.24) is 10.6 Å². The van der Waals surface area contributed by atoms with Gasteiger partial charge in [-0.05, 0) is 53.0 Å². The number of unbranched alkanes of at least 4 members (excludes halogenated alkanes) is 2. The maximum atomic E-state index is 10.7. The minimum atomic E-state index is -1.05. The van der Waals surface area contributed by atoms with Gasteiger partial charge in [0.2, 0.25) is 0 Å². The first-order chi connectivity index (χ1) is 11.4. The van der Waals surface area contributed by atoms with Gasteiger partial charge in [-0.15, -0.1) is 24.0 Å². The van der Waals surface area contributed by atoms with Gasteiger partial charge in [-0.25, -0.2) is 4.99 Å². The number of ether oxygens (including phenoxy) is 1. The van der Waals surface area contributed by atoms with Crippen LogP contribution in [0.15, 0.2) is 15.5 Å². The fourth-order valence-electron chi connectivity index (χ4n) is 2.58. The SMILES string of the molecule is CCNC(=NCC(C)(O)c1cc(C)oc1C)NCCCCCOC.I. The minimum absolute atomic E-state index is 0. The molecule has 25 heavy (non-hydrogen) atoms. The Kier molecular flexibility index (Phi) is 12.1. The van der Waals surface area contributed by atoms with Gasteiger partial charge >= 0.3 is 0 Å². The van der Waals surface area contributed by atoms with Crippen LogP contribution in [0.2, 0.25) is 0 Å². The van der Waals surface area contributed by atoms with E-state index in [1.54, 1.807) is 14.0 Å². The Hall–Kier alpha value is -0.800. The molecule has 1 aromatic heterocycles. The Labute approximate surface area is 168 Å². The Balaban J connectivity index is 0.00000576. The lowest BCUT2D eigenvalue weighted by molar-refractivity contribution is 0.0657. The number of aliphatic hydroxyl groups is 1. The van der Waals surface area contributed by atoms with Crippen LogP contribution in [0.4, 0.5) is 0 Å². The van der Waals surface area contributed by atoms with E-state index >= 15 is 0 Å². The molecule has 0 aromatic carbocycles. The number of hydrogen-bond acceptors (Lipinski definition) is 4. The van der Waals surface area contributed by atoms with Crippen molar-refractivity contribution in [2.24, 2.45) is 4.99 Å². The Morgan fingerprint density at radius 1 is 1.28 bits per heavy atom. The molecule has 6 nitrogen and oxygen atoms in total. The van der Waals surface area contributed by atoms with Crippen LogP contribution in [0.25, 0.3) is 0 Å². The summed E-state index contributed by atoms with van der Waals surface area (Å²) in [6.07, 6.45) is 3.25. The van der Waals surface area contributed by atoms with E-state index in [2.05, 4.69) is 15.6 Å². The molecular formula is C18H34IN3O3. The normalized spacial score (nSPS) is 13.9. The van der Waals surface area contributed by atoms with E-state index < -0.39 is 5.60 Å². The molecule has 7 heteroatoms. The quantitative estimate of drug-likeness (QED) is 0.213. The summed E-state index contributed by atoms with van der Waals surface area (Å²) < 4.78 is 10.6. The monoisotopic (exact) mass is 467 g/mol. The van der Waals surface area contributed by atoms with Gasteiger partial charge in [0.25, 0.3) is 0 Å². The highest BCUT2D eigenvalue weighted by molar-refractivity contribution is 14.0. The number of guanidine groups is 1. The molecule has 146 valence electrons. The second-order valence-electron chi connectivity index (χ2n) is 6.28. The summed E-state index contributed by atoms with van der Waals surface area (Å²) in [4.78, 5) is 4.52. The number of aliphatic imine (C=N–C) groups is 1. The summed E-state index contributed by atoms with van der Waals surface area (Å²) in [7, 11) is 1.73. The van der Waals surface area contributed by atoms with Crippen LogP contribution in [0.5, 0.6) is 0 Å². The van der Waals surface area contributed by atoms with Crippen molar-refractivity contribution in [1.29, 1.82) is 0 Å². The van der Waals surface area contributed by atoms with Gasteiger partial charge in [-0.3, -0.25) is 0 Å². The summed E-state index contributed by atoms with van der Waals surface area (Å²) >= 11 is 0. The van der Waals surface area contributed by atoms with Crippen molar-refractivity contribution in [3.05, 3.63) is 23.2 Å². The second kappa shape index (κ2) is 12.5. The number of hydrogen-bond donors (Lipinski definition) is 3. The molecular weight excluding hydrogens is 433 g/mol. The molecule has 1 unspecified atom stereocenters. The lowest BCUT2D eigenvalue weighted by atomic mass is 9.96. The maximum Gasteiger partial charge on any atom is 0.191 e. The third kappa shape index (κ3) is 8.91. The molecule has 1 rings (SSSR count). The smallest absolute Gasteiger partial charge is 0.191 e. The Bertz CT molecular complexity index is 516. The molecule has 1 heterocycles. The summed E-state index contributed by atoms with van der Waals surface area (Å²) in [5.41, 5.74) is -0.262. The maximum absolute atomic E-state index is 10.7. The van der Waals surface area contributed by atoms with Crippen LogP contribution in [0, 0.1) is 13.8 Å². The first-order valence-corrected chi connectivity index (χ1v) is 8.71. The van der Waals surface area contributed by atoms with Crippen LogP contribution in [-0.2, 0) is 10.3 Å². The standard InChI is InChI=1S/C18H33N3O3.HI/c1-6-19-17(20-10-8-7-9-11-23-5)21-13-18(4,22)16-12-14(2)24-15(16)3;/h12,22H,6-11,13H2,1-5H3,(H2,19,20,21);1H. The van der Waals surface area contributed by atoms with Gasteiger partial charge in [0.15, 0.2) is 5.96 Å². The molecule has 0 bridgehead atoms. The van der Waals surface area contributed by atoms with E-state index in [1.807, 2.05) is 26.8 Å². The zero-order valence-corrected chi connectivity index (χ0v) is 18.5. The average Bonchev–Trinajstić information content (AvgIpc) is 2.87. The van der Waals surface area contributed by atoms with Crippen molar-refractivity contribution in [2.75, 3.05) is 33.4 Å². The van der Waals surface area contributed by atoms with Crippen molar-refractivity contribution in [2.45, 2.75) is 52.6 Å². The molecule has 0 amide bonds. The zero-order chi connectivity index (χ0) is 18.0. The van der Waals surface area contributed by atoms with Crippen molar-refractivity contribution in [3.63, 3.8) is 0 Å². The van der Waals surface area contributed by atoms with Crippen LogP contribution in [0.3, 0.4) is 0 Å². The fourth-order valence-corrected chi connectivity index (χ4v) is 2.58. The number of furan rings is 1. The summed E-state index contributed by atoms with van der Waals surface area (Å²) in [5, 5.41) is 17.2. The molecule has 0 saturated carbocycles. The molecule has 0 saturated heterocycles. The number of aryl methyl sites for hydroxylation is 2. The van der Waals surface area contributed by atoms with Crippen molar-refractivity contribution >= 4 is 29.9 Å². The topological polar surface area (TPSA) is 79.0 Å². The first-order valence-electron chi connectivity index (χ1n) is 8.71. The molecule has 1 atom stereocenters. The molecule has 0 radical (unpaired) electrons. The van der Waals surface area contributed by atoms with Gasteiger partial charge < -0.3 is 24.9 Å². The van der Waals surface area contributed by atoms with E-state index in [1.165, 1.54) is 0 Å². The number of nitrogens with zero attached hydrogens (tertiary/aromatic N) is 1.